The molecule has 0 saturated heterocycles. The molecular weight excluding hydrogens is 172 g/mol. The molecule has 0 radical (unpaired) electrons. The molecule has 0 aromatic carbocycles. The van der Waals surface area contributed by atoms with Crippen molar-refractivity contribution in [2.45, 2.75) is 18.9 Å². The van der Waals surface area contributed by atoms with E-state index in [1.54, 1.807) is 13.0 Å². The number of ether oxygens (including phenoxy) is 1. The predicted octanol–water partition coefficient (Wildman–Crippen LogP) is 0.412. The van der Waals surface area contributed by atoms with Gasteiger partial charge in [-0.05, 0) is 6.92 Å². The summed E-state index contributed by atoms with van der Waals surface area (Å²) in [7, 11) is 1.32. The second kappa shape index (κ2) is 3.57. The van der Waals surface area contributed by atoms with Crippen LogP contribution in [0.3, 0.4) is 0 Å². The van der Waals surface area contributed by atoms with Gasteiger partial charge in [-0.25, -0.2) is 0 Å². The molecule has 0 aliphatic carbocycles. The molecule has 1 rings (SSSR count). The van der Waals surface area contributed by atoms with Crippen molar-refractivity contribution in [3.63, 3.8) is 0 Å². The second-order valence-corrected chi connectivity index (χ2v) is 3.05. The Bertz CT molecular complexity index is 280. The monoisotopic (exact) mass is 184 g/mol. The van der Waals surface area contributed by atoms with E-state index < -0.39 is 5.54 Å². The highest BCUT2D eigenvalue weighted by molar-refractivity contribution is 5.70. The molecule has 1 heterocycles. The Morgan fingerprint density at radius 3 is 3.00 bits per heavy atom. The van der Waals surface area contributed by atoms with Crippen LogP contribution in [0, 0.1) is 0 Å². The average Bonchev–Trinajstić information content (AvgIpc) is 2.55. The van der Waals surface area contributed by atoms with E-state index in [0.717, 1.165) is 0 Å². The Morgan fingerprint density at radius 1 is 1.85 bits per heavy atom. The molecule has 0 aliphatic rings. The van der Waals surface area contributed by atoms with Gasteiger partial charge < -0.3 is 15.0 Å². The molecule has 0 bridgehead atoms. The van der Waals surface area contributed by atoms with Gasteiger partial charge in [-0.1, -0.05) is 5.16 Å². The number of esters is 1. The zero-order valence-electron chi connectivity index (χ0n) is 7.61. The van der Waals surface area contributed by atoms with Crippen LogP contribution >= 0.6 is 0 Å². The molecule has 72 valence electrons. The van der Waals surface area contributed by atoms with Crippen molar-refractivity contribution in [1.29, 1.82) is 0 Å². The van der Waals surface area contributed by atoms with E-state index in [9.17, 15) is 4.79 Å². The number of nitrogens with two attached hydrogens (primary N) is 1. The van der Waals surface area contributed by atoms with Crippen LogP contribution < -0.4 is 5.73 Å². The van der Waals surface area contributed by atoms with E-state index in [0.29, 0.717) is 5.76 Å². The lowest BCUT2D eigenvalue weighted by molar-refractivity contribution is -0.142. The van der Waals surface area contributed by atoms with Crippen LogP contribution in [0.2, 0.25) is 0 Å². The van der Waals surface area contributed by atoms with Crippen molar-refractivity contribution in [2.75, 3.05) is 7.11 Å². The summed E-state index contributed by atoms with van der Waals surface area (Å²) < 4.78 is 9.36. The number of carbonyl (C=O) groups excluding carboxylic acids is 1. The molecule has 0 saturated carbocycles. The van der Waals surface area contributed by atoms with Gasteiger partial charge in [0.15, 0.2) is 5.76 Å². The average molecular weight is 184 g/mol. The van der Waals surface area contributed by atoms with E-state index in [4.69, 9.17) is 10.3 Å². The maximum atomic E-state index is 11.0. The number of hydrogen-bond donors (Lipinski definition) is 1. The summed E-state index contributed by atoms with van der Waals surface area (Å²) in [4.78, 5) is 11.0. The highest BCUT2D eigenvalue weighted by atomic mass is 16.5. The number of aromatic nitrogens is 1. The summed E-state index contributed by atoms with van der Waals surface area (Å²) in [5.41, 5.74) is 4.97. The number of hydrogen-bond acceptors (Lipinski definition) is 5. The predicted molar refractivity (Wildman–Crippen MR) is 44.7 cm³/mol. The summed E-state index contributed by atoms with van der Waals surface area (Å²) in [6.07, 6.45) is 1.55. The van der Waals surface area contributed by atoms with Crippen molar-refractivity contribution in [1.82, 2.24) is 5.16 Å². The highest BCUT2D eigenvalue weighted by Crippen LogP contribution is 2.20. The zero-order chi connectivity index (χ0) is 9.90. The molecule has 0 fully saturated rings. The maximum absolute atomic E-state index is 11.0. The quantitative estimate of drug-likeness (QED) is 0.688. The molecule has 0 amide bonds. The lowest BCUT2D eigenvalue weighted by Crippen LogP contribution is -2.35. The minimum absolute atomic E-state index is 0.0681. The Kier molecular flexibility index (Phi) is 2.67. The number of methoxy groups -OCH3 is 1. The molecule has 5 heteroatoms. The van der Waals surface area contributed by atoms with Gasteiger partial charge in [0.05, 0.1) is 25.3 Å². The van der Waals surface area contributed by atoms with E-state index in [-0.39, 0.29) is 12.4 Å². The van der Waals surface area contributed by atoms with Crippen molar-refractivity contribution in [3.05, 3.63) is 18.0 Å². The first-order valence-electron chi connectivity index (χ1n) is 3.83. The third-order valence-electron chi connectivity index (χ3n) is 1.74. The molecule has 1 atom stereocenters. The van der Waals surface area contributed by atoms with Gasteiger partial charge >= 0.3 is 5.97 Å². The minimum Gasteiger partial charge on any atom is -0.469 e. The molecule has 0 aliphatic heterocycles. The van der Waals surface area contributed by atoms with E-state index in [1.165, 1.54) is 13.3 Å². The minimum atomic E-state index is -0.858. The Labute approximate surface area is 75.8 Å². The molecule has 0 unspecified atom stereocenters. The van der Waals surface area contributed by atoms with Gasteiger partial charge in [-0.2, -0.15) is 0 Å². The zero-order valence-corrected chi connectivity index (χ0v) is 7.61. The normalized spacial score (nSPS) is 15.0. The van der Waals surface area contributed by atoms with Crippen molar-refractivity contribution < 1.29 is 14.1 Å². The van der Waals surface area contributed by atoms with Crippen LogP contribution in [0.1, 0.15) is 19.1 Å². The lowest BCUT2D eigenvalue weighted by atomic mass is 9.96. The number of rotatable bonds is 3. The topological polar surface area (TPSA) is 78.4 Å². The van der Waals surface area contributed by atoms with Gasteiger partial charge in [-0.3, -0.25) is 4.79 Å². The fourth-order valence-electron chi connectivity index (χ4n) is 0.970. The molecule has 0 spiro atoms. The molecule has 2 N–H and O–H groups in total. The Balaban J connectivity index is 2.72. The van der Waals surface area contributed by atoms with Crippen LogP contribution in [-0.4, -0.2) is 18.2 Å². The number of nitrogens with zero attached hydrogens (tertiary/aromatic N) is 1. The second-order valence-electron chi connectivity index (χ2n) is 3.05. The standard InChI is InChI=1S/C8H12N2O3/c1-8(9,5-7(11)12-2)6-3-4-10-13-6/h3-4H,5,9H2,1-2H3/t8-/m0/s1. The molecule has 1 aromatic rings. The molecule has 1 aromatic heterocycles. The van der Waals surface area contributed by atoms with Crippen LogP contribution in [-0.2, 0) is 15.1 Å². The third-order valence-corrected chi connectivity index (χ3v) is 1.74. The Hall–Kier alpha value is -1.36. The summed E-state index contributed by atoms with van der Waals surface area (Å²) >= 11 is 0. The van der Waals surface area contributed by atoms with Crippen molar-refractivity contribution in [2.24, 2.45) is 5.73 Å². The largest absolute Gasteiger partial charge is 0.469 e. The van der Waals surface area contributed by atoms with Crippen LogP contribution in [0.25, 0.3) is 0 Å². The summed E-state index contributed by atoms with van der Waals surface area (Å²) in [5, 5.41) is 3.51. The maximum Gasteiger partial charge on any atom is 0.307 e. The fraction of sp³-hybridized carbons (Fsp3) is 0.500. The third kappa shape index (κ3) is 2.29. The summed E-state index contributed by atoms with van der Waals surface area (Å²) in [6.45, 7) is 1.68. The highest BCUT2D eigenvalue weighted by Gasteiger charge is 2.28. The summed E-state index contributed by atoms with van der Waals surface area (Å²) in [5.74, 6) is 0.0966. The fourth-order valence-corrected chi connectivity index (χ4v) is 0.970. The Morgan fingerprint density at radius 2 is 2.54 bits per heavy atom. The van der Waals surface area contributed by atoms with E-state index in [2.05, 4.69) is 9.89 Å². The summed E-state index contributed by atoms with van der Waals surface area (Å²) in [6, 6.07) is 1.63. The first-order chi connectivity index (χ1) is 6.06. The van der Waals surface area contributed by atoms with Gasteiger partial charge in [0.1, 0.15) is 0 Å². The van der Waals surface area contributed by atoms with Gasteiger partial charge in [0.25, 0.3) is 0 Å². The van der Waals surface area contributed by atoms with Crippen LogP contribution in [0.15, 0.2) is 16.8 Å². The van der Waals surface area contributed by atoms with Crippen molar-refractivity contribution in [3.8, 4) is 0 Å². The van der Waals surface area contributed by atoms with Gasteiger partial charge in [0.2, 0.25) is 0 Å². The molecule has 5 nitrogen and oxygen atoms in total. The molecule has 13 heavy (non-hydrogen) atoms. The smallest absolute Gasteiger partial charge is 0.307 e. The first-order valence-corrected chi connectivity index (χ1v) is 3.83. The van der Waals surface area contributed by atoms with Crippen LogP contribution in [0.5, 0.6) is 0 Å². The number of carbonyl (C=O) groups is 1. The van der Waals surface area contributed by atoms with Gasteiger partial charge in [0, 0.05) is 6.07 Å². The lowest BCUT2D eigenvalue weighted by Gasteiger charge is -2.18. The van der Waals surface area contributed by atoms with Crippen LogP contribution in [0.4, 0.5) is 0 Å². The SMILES string of the molecule is COC(=O)C[C@](C)(N)c1ccno1. The molecular formula is C8H12N2O3. The van der Waals surface area contributed by atoms with Crippen molar-refractivity contribution >= 4 is 5.97 Å². The van der Waals surface area contributed by atoms with E-state index in [1.807, 2.05) is 0 Å². The van der Waals surface area contributed by atoms with E-state index >= 15 is 0 Å². The van der Waals surface area contributed by atoms with Gasteiger partial charge in [-0.15, -0.1) is 0 Å². The first kappa shape index (κ1) is 9.73.